The highest BCUT2D eigenvalue weighted by Crippen LogP contribution is 2.33. The summed E-state index contributed by atoms with van der Waals surface area (Å²) in [5, 5.41) is 7.77. The lowest BCUT2D eigenvalue weighted by atomic mass is 9.85. The first-order chi connectivity index (χ1) is 11.7. The van der Waals surface area contributed by atoms with Crippen molar-refractivity contribution in [2.75, 3.05) is 20.2 Å². The van der Waals surface area contributed by atoms with Crippen LogP contribution in [-0.4, -0.2) is 47.4 Å². The zero-order valence-corrected chi connectivity index (χ0v) is 14.2. The number of ether oxygens (including phenoxy) is 2. The van der Waals surface area contributed by atoms with Gasteiger partial charge in [0, 0.05) is 26.1 Å². The van der Waals surface area contributed by atoms with Crippen LogP contribution in [0.5, 0.6) is 5.75 Å². The molecule has 1 unspecified atom stereocenters. The highest BCUT2D eigenvalue weighted by molar-refractivity contribution is 5.42. The van der Waals surface area contributed by atoms with Crippen LogP contribution in [0.1, 0.15) is 29.3 Å². The molecule has 2 aliphatic rings. The number of aryl methyl sites for hydroxylation is 1. The van der Waals surface area contributed by atoms with Crippen LogP contribution in [0.4, 0.5) is 0 Å². The van der Waals surface area contributed by atoms with Crippen molar-refractivity contribution < 1.29 is 13.9 Å². The molecule has 0 spiro atoms. The maximum Gasteiger partial charge on any atom is 0.242 e. The summed E-state index contributed by atoms with van der Waals surface area (Å²) in [6.07, 6.45) is 3.64. The molecule has 1 aliphatic heterocycles. The van der Waals surface area contributed by atoms with Gasteiger partial charge in [-0.3, -0.25) is 4.90 Å². The normalized spacial score (nSPS) is 21.3. The summed E-state index contributed by atoms with van der Waals surface area (Å²) in [7, 11) is 1.75. The van der Waals surface area contributed by atoms with Crippen molar-refractivity contribution in [1.82, 2.24) is 15.1 Å². The Morgan fingerprint density at radius 1 is 1.29 bits per heavy atom. The molecule has 6 nitrogen and oxygen atoms in total. The average molecular weight is 329 g/mol. The first-order valence-corrected chi connectivity index (χ1v) is 8.52. The zero-order chi connectivity index (χ0) is 16.5. The van der Waals surface area contributed by atoms with E-state index in [4.69, 9.17) is 13.9 Å². The number of methoxy groups -OCH3 is 1. The van der Waals surface area contributed by atoms with E-state index >= 15 is 0 Å². The summed E-state index contributed by atoms with van der Waals surface area (Å²) in [6.45, 7) is 4.16. The van der Waals surface area contributed by atoms with E-state index < -0.39 is 0 Å². The summed E-state index contributed by atoms with van der Waals surface area (Å²) in [6, 6.07) is 6.99. The highest BCUT2D eigenvalue weighted by Gasteiger charge is 2.35. The van der Waals surface area contributed by atoms with Gasteiger partial charge in [0.2, 0.25) is 11.8 Å². The molecule has 0 saturated carbocycles. The lowest BCUT2D eigenvalue weighted by molar-refractivity contribution is -0.0856. The van der Waals surface area contributed by atoms with Crippen LogP contribution in [0.3, 0.4) is 0 Å². The summed E-state index contributed by atoms with van der Waals surface area (Å²) in [5.41, 5.74) is 2.81. The fraction of sp³-hybridized carbons (Fsp3) is 0.556. The van der Waals surface area contributed by atoms with Crippen LogP contribution in [0.25, 0.3) is 0 Å². The molecule has 24 heavy (non-hydrogen) atoms. The molecule has 1 atom stereocenters. The number of benzene rings is 1. The summed E-state index contributed by atoms with van der Waals surface area (Å²) in [5.74, 6) is 2.18. The number of aromatic nitrogens is 2. The van der Waals surface area contributed by atoms with Crippen molar-refractivity contribution in [3.8, 4) is 5.75 Å². The van der Waals surface area contributed by atoms with Gasteiger partial charge in [0.05, 0.1) is 13.2 Å². The highest BCUT2D eigenvalue weighted by atomic mass is 16.5. The average Bonchev–Trinajstić information content (AvgIpc) is 2.98. The number of nitrogens with zero attached hydrogens (tertiary/aromatic N) is 3. The summed E-state index contributed by atoms with van der Waals surface area (Å²) < 4.78 is 16.7. The number of hydrogen-bond acceptors (Lipinski definition) is 6. The van der Waals surface area contributed by atoms with Crippen molar-refractivity contribution in [2.24, 2.45) is 0 Å². The maximum atomic E-state index is 5.85. The molecule has 2 heterocycles. The van der Waals surface area contributed by atoms with Crippen LogP contribution in [0, 0.1) is 6.92 Å². The molecule has 1 saturated heterocycles. The van der Waals surface area contributed by atoms with E-state index in [0.29, 0.717) is 24.4 Å². The minimum absolute atomic E-state index is 0.268. The Morgan fingerprint density at radius 3 is 2.92 bits per heavy atom. The van der Waals surface area contributed by atoms with E-state index in [1.54, 1.807) is 14.0 Å². The minimum Gasteiger partial charge on any atom is -0.496 e. The van der Waals surface area contributed by atoms with Crippen molar-refractivity contribution in [1.29, 1.82) is 0 Å². The Kier molecular flexibility index (Phi) is 4.24. The lowest BCUT2D eigenvalue weighted by Crippen LogP contribution is -2.57. The third kappa shape index (κ3) is 3.03. The van der Waals surface area contributed by atoms with Crippen LogP contribution in [0.15, 0.2) is 22.6 Å². The van der Waals surface area contributed by atoms with E-state index in [0.717, 1.165) is 31.7 Å². The van der Waals surface area contributed by atoms with Gasteiger partial charge in [-0.1, -0.05) is 12.1 Å². The fourth-order valence-electron chi connectivity index (χ4n) is 3.71. The topological polar surface area (TPSA) is 60.6 Å². The van der Waals surface area contributed by atoms with Gasteiger partial charge in [0.25, 0.3) is 0 Å². The molecule has 0 amide bonds. The van der Waals surface area contributed by atoms with Gasteiger partial charge in [-0.2, -0.15) is 0 Å². The van der Waals surface area contributed by atoms with Gasteiger partial charge in [0.1, 0.15) is 12.4 Å². The van der Waals surface area contributed by atoms with Gasteiger partial charge in [0.15, 0.2) is 0 Å². The molecule has 0 bridgehead atoms. The maximum absolute atomic E-state index is 5.85. The van der Waals surface area contributed by atoms with Crippen LogP contribution >= 0.6 is 0 Å². The van der Waals surface area contributed by atoms with Gasteiger partial charge >= 0.3 is 0 Å². The molecule has 2 aromatic rings. The monoisotopic (exact) mass is 329 g/mol. The molecule has 128 valence electrons. The van der Waals surface area contributed by atoms with E-state index in [1.165, 1.54) is 17.5 Å². The largest absolute Gasteiger partial charge is 0.496 e. The SMILES string of the molecule is COc1cccc2c1CCC(N1CC(OCc3nnc(C)o3)C1)C2. The van der Waals surface area contributed by atoms with Crippen LogP contribution in [0.2, 0.25) is 0 Å². The number of rotatable bonds is 5. The number of likely N-dealkylation sites (tertiary alicyclic amines) is 1. The van der Waals surface area contributed by atoms with E-state index in [2.05, 4.69) is 33.3 Å². The van der Waals surface area contributed by atoms with Crippen molar-refractivity contribution in [2.45, 2.75) is 44.9 Å². The molecule has 0 radical (unpaired) electrons. The van der Waals surface area contributed by atoms with Crippen LogP contribution in [-0.2, 0) is 24.2 Å². The van der Waals surface area contributed by atoms with E-state index in [1.807, 2.05) is 0 Å². The second-order valence-corrected chi connectivity index (χ2v) is 6.60. The number of fused-ring (bicyclic) bond motifs is 1. The predicted molar refractivity (Wildman–Crippen MR) is 88.0 cm³/mol. The molecular weight excluding hydrogens is 306 g/mol. The second kappa shape index (κ2) is 6.53. The molecule has 4 rings (SSSR count). The summed E-state index contributed by atoms with van der Waals surface area (Å²) >= 11 is 0. The Balaban J connectivity index is 1.28. The molecule has 1 aliphatic carbocycles. The van der Waals surface area contributed by atoms with E-state index in [9.17, 15) is 0 Å². The Labute approximate surface area is 141 Å². The first kappa shape index (κ1) is 15.6. The van der Waals surface area contributed by atoms with Crippen molar-refractivity contribution in [3.63, 3.8) is 0 Å². The van der Waals surface area contributed by atoms with Gasteiger partial charge in [-0.25, -0.2) is 0 Å². The van der Waals surface area contributed by atoms with Gasteiger partial charge in [-0.15, -0.1) is 10.2 Å². The minimum atomic E-state index is 0.268. The van der Waals surface area contributed by atoms with Gasteiger partial charge < -0.3 is 13.9 Å². The first-order valence-electron chi connectivity index (χ1n) is 8.52. The molecule has 1 aromatic carbocycles. The molecule has 6 heteroatoms. The molecule has 1 fully saturated rings. The lowest BCUT2D eigenvalue weighted by Gasteiger charge is -2.45. The zero-order valence-electron chi connectivity index (χ0n) is 14.2. The predicted octanol–water partition coefficient (Wildman–Crippen LogP) is 2.14. The van der Waals surface area contributed by atoms with Gasteiger partial charge in [-0.05, 0) is 36.5 Å². The standard InChI is InChI=1S/C18H23N3O3/c1-12-19-20-18(24-12)11-23-15-9-21(10-15)14-6-7-16-13(8-14)4-3-5-17(16)22-2/h3-5,14-15H,6-11H2,1-2H3. The third-order valence-corrected chi connectivity index (χ3v) is 5.04. The summed E-state index contributed by atoms with van der Waals surface area (Å²) in [4.78, 5) is 2.52. The van der Waals surface area contributed by atoms with E-state index in [-0.39, 0.29) is 6.10 Å². The second-order valence-electron chi connectivity index (χ2n) is 6.60. The number of hydrogen-bond donors (Lipinski definition) is 0. The smallest absolute Gasteiger partial charge is 0.242 e. The van der Waals surface area contributed by atoms with Crippen molar-refractivity contribution in [3.05, 3.63) is 41.1 Å². The fourth-order valence-corrected chi connectivity index (χ4v) is 3.71. The Hall–Kier alpha value is -1.92. The molecule has 1 aromatic heterocycles. The van der Waals surface area contributed by atoms with Crippen LogP contribution < -0.4 is 4.74 Å². The Bertz CT molecular complexity index is 709. The third-order valence-electron chi connectivity index (χ3n) is 5.04. The molecule has 0 N–H and O–H groups in total. The molecular formula is C18H23N3O3. The van der Waals surface area contributed by atoms with Crippen molar-refractivity contribution >= 4 is 0 Å². The quantitative estimate of drug-likeness (QED) is 0.838. The Morgan fingerprint density at radius 2 is 2.17 bits per heavy atom.